The lowest BCUT2D eigenvalue weighted by Crippen LogP contribution is -2.08. The Kier molecular flexibility index (Phi) is 5.72. The van der Waals surface area contributed by atoms with Crippen LogP contribution >= 0.6 is 0 Å². The fourth-order valence-corrected chi connectivity index (χ4v) is 2.37. The predicted octanol–water partition coefficient (Wildman–Crippen LogP) is 5.66. The van der Waals surface area contributed by atoms with E-state index in [1.807, 2.05) is 0 Å². The summed E-state index contributed by atoms with van der Waals surface area (Å²) in [4.78, 5) is 6.91. The third kappa shape index (κ3) is 4.90. The molecule has 14 heteroatoms. The summed E-state index contributed by atoms with van der Waals surface area (Å²) in [6, 6.07) is 3.05. The van der Waals surface area contributed by atoms with Gasteiger partial charge in [0.05, 0.1) is 11.1 Å². The average molecular weight is 467 g/mol. The number of nitrogens with zero attached hydrogens (tertiary/aromatic N) is 2. The first kappa shape index (κ1) is 22.8. The number of anilines is 1. The number of aromatic hydroxyl groups is 1. The molecule has 170 valence electrons. The number of halogens is 8. The molecule has 3 N–H and O–H groups in total. The van der Waals surface area contributed by atoms with Crippen LogP contribution in [0.3, 0.4) is 0 Å². The van der Waals surface area contributed by atoms with Gasteiger partial charge < -0.3 is 20.3 Å². The normalized spacial score (nSPS) is 12.0. The molecule has 0 saturated heterocycles. The summed E-state index contributed by atoms with van der Waals surface area (Å²) in [6.45, 7) is 0. The van der Waals surface area contributed by atoms with Crippen LogP contribution in [0.2, 0.25) is 0 Å². The molecule has 0 atom stereocenters. The van der Waals surface area contributed by atoms with Crippen molar-refractivity contribution in [3.63, 3.8) is 0 Å². The number of benzene rings is 2. The Bertz CT molecular complexity index is 1080. The molecule has 1 heterocycles. The molecule has 0 fully saturated rings. The van der Waals surface area contributed by atoms with Crippen LogP contribution in [-0.2, 0) is 12.4 Å². The monoisotopic (exact) mass is 467 g/mol. The number of rotatable bonds is 4. The Morgan fingerprint density at radius 1 is 0.719 bits per heavy atom. The predicted molar refractivity (Wildman–Crippen MR) is 91.1 cm³/mol. The lowest BCUT2D eigenvalue weighted by molar-refractivity contribution is -0.140. The van der Waals surface area contributed by atoms with Crippen LogP contribution in [0.5, 0.6) is 29.0 Å². The van der Waals surface area contributed by atoms with Gasteiger partial charge in [0, 0.05) is 0 Å². The van der Waals surface area contributed by atoms with Crippen LogP contribution in [0.15, 0.2) is 36.4 Å². The number of nitrogens with two attached hydrogens (primary N) is 1. The van der Waals surface area contributed by atoms with E-state index < -0.39 is 70.1 Å². The van der Waals surface area contributed by atoms with Gasteiger partial charge in [-0.05, 0) is 36.4 Å². The third-order valence-electron chi connectivity index (χ3n) is 3.75. The molecule has 0 amide bonds. The van der Waals surface area contributed by atoms with Crippen molar-refractivity contribution < 1.29 is 49.7 Å². The Labute approximate surface area is 172 Å². The minimum absolute atomic E-state index is 0.281. The van der Waals surface area contributed by atoms with Crippen LogP contribution in [0.1, 0.15) is 11.1 Å². The van der Waals surface area contributed by atoms with Crippen molar-refractivity contribution in [1.29, 1.82) is 0 Å². The molecule has 0 aliphatic heterocycles. The van der Waals surface area contributed by atoms with Crippen LogP contribution in [0.25, 0.3) is 0 Å². The van der Waals surface area contributed by atoms with Gasteiger partial charge in [0.25, 0.3) is 11.8 Å². The fraction of sp³-hybridized carbons (Fsp3) is 0.111. The highest BCUT2D eigenvalue weighted by Gasteiger charge is 2.35. The van der Waals surface area contributed by atoms with Crippen LogP contribution < -0.4 is 15.2 Å². The molecule has 2 aromatic carbocycles. The van der Waals surface area contributed by atoms with E-state index in [1.165, 1.54) is 0 Å². The summed E-state index contributed by atoms with van der Waals surface area (Å²) in [6.07, 6.45) is -10.1. The first-order valence-electron chi connectivity index (χ1n) is 8.21. The number of nitrogen functional groups attached to an aromatic ring is 1. The molecule has 0 radical (unpaired) electrons. The first-order chi connectivity index (χ1) is 14.8. The van der Waals surface area contributed by atoms with Crippen molar-refractivity contribution in [2.24, 2.45) is 0 Å². The molecule has 32 heavy (non-hydrogen) atoms. The van der Waals surface area contributed by atoms with Crippen LogP contribution in [-0.4, -0.2) is 15.1 Å². The first-order valence-corrected chi connectivity index (χ1v) is 8.21. The van der Waals surface area contributed by atoms with Crippen molar-refractivity contribution in [2.45, 2.75) is 12.4 Å². The van der Waals surface area contributed by atoms with Gasteiger partial charge in [0.15, 0.2) is 0 Å². The minimum Gasteiger partial charge on any atom is -0.499 e. The van der Waals surface area contributed by atoms with Crippen molar-refractivity contribution in [3.8, 4) is 29.0 Å². The summed E-state index contributed by atoms with van der Waals surface area (Å²) >= 11 is 0. The summed E-state index contributed by atoms with van der Waals surface area (Å²) in [7, 11) is 0. The Morgan fingerprint density at radius 2 is 1.09 bits per heavy atom. The van der Waals surface area contributed by atoms with Gasteiger partial charge in [-0.1, -0.05) is 0 Å². The zero-order valence-corrected chi connectivity index (χ0v) is 15.2. The van der Waals surface area contributed by atoms with Crippen molar-refractivity contribution in [2.75, 3.05) is 5.73 Å². The maximum atomic E-state index is 13.4. The number of hydrogen-bond acceptors (Lipinski definition) is 6. The highest BCUT2D eigenvalue weighted by molar-refractivity contribution is 5.49. The molecule has 0 bridgehead atoms. The van der Waals surface area contributed by atoms with Gasteiger partial charge in [0.1, 0.15) is 23.1 Å². The highest BCUT2D eigenvalue weighted by atomic mass is 19.4. The van der Waals surface area contributed by atoms with Gasteiger partial charge in [-0.15, -0.1) is 0 Å². The van der Waals surface area contributed by atoms with Gasteiger partial charge in [-0.2, -0.15) is 36.3 Å². The van der Waals surface area contributed by atoms with Gasteiger partial charge in [0.2, 0.25) is 11.7 Å². The number of aromatic nitrogens is 2. The summed E-state index contributed by atoms with van der Waals surface area (Å²) in [5, 5.41) is 10.2. The molecule has 3 rings (SSSR count). The van der Waals surface area contributed by atoms with E-state index >= 15 is 0 Å². The van der Waals surface area contributed by atoms with Crippen molar-refractivity contribution in [1.82, 2.24) is 9.97 Å². The molecule has 6 nitrogen and oxygen atoms in total. The highest BCUT2D eigenvalue weighted by Crippen LogP contribution is 2.41. The van der Waals surface area contributed by atoms with E-state index in [2.05, 4.69) is 9.97 Å². The Morgan fingerprint density at radius 3 is 1.44 bits per heavy atom. The van der Waals surface area contributed by atoms with Crippen molar-refractivity contribution in [3.05, 3.63) is 59.2 Å². The smallest absolute Gasteiger partial charge is 0.419 e. The summed E-state index contributed by atoms with van der Waals surface area (Å²) in [5.74, 6) is -7.79. The van der Waals surface area contributed by atoms with E-state index in [-0.39, 0.29) is 12.1 Å². The second-order valence-electron chi connectivity index (χ2n) is 6.02. The molecule has 1 aromatic heterocycles. The van der Waals surface area contributed by atoms with E-state index in [0.717, 1.165) is 12.1 Å². The SMILES string of the molecule is Nc1nc(Oc2ccc(F)c(C(F)(F)F)c2)c(O)c(Oc2ccc(F)c(C(F)(F)F)c2)n1. The van der Waals surface area contributed by atoms with Gasteiger partial charge >= 0.3 is 12.4 Å². The topological polar surface area (TPSA) is 90.5 Å². The lowest BCUT2D eigenvalue weighted by atomic mass is 10.2. The zero-order chi connectivity index (χ0) is 23.8. The van der Waals surface area contributed by atoms with E-state index in [1.54, 1.807) is 0 Å². The number of hydrogen-bond donors (Lipinski definition) is 2. The summed E-state index contributed by atoms with van der Waals surface area (Å²) in [5.41, 5.74) is 2.07. The summed E-state index contributed by atoms with van der Waals surface area (Å²) < 4.78 is 114. The van der Waals surface area contributed by atoms with E-state index in [9.17, 15) is 40.2 Å². The lowest BCUT2D eigenvalue weighted by Gasteiger charge is -2.14. The largest absolute Gasteiger partial charge is 0.499 e. The van der Waals surface area contributed by atoms with Gasteiger partial charge in [-0.25, -0.2) is 8.78 Å². The van der Waals surface area contributed by atoms with Gasteiger partial charge in [-0.3, -0.25) is 0 Å². The molecule has 0 aliphatic carbocycles. The quantitative estimate of drug-likeness (QED) is 0.481. The minimum atomic E-state index is -5.05. The van der Waals surface area contributed by atoms with E-state index in [4.69, 9.17) is 15.2 Å². The number of alkyl halides is 6. The molecule has 0 unspecified atom stereocenters. The molecule has 0 spiro atoms. The molecular formula is C18H9F8N3O3. The fourth-order valence-electron chi connectivity index (χ4n) is 2.37. The maximum Gasteiger partial charge on any atom is 0.419 e. The maximum absolute atomic E-state index is 13.4. The Hall–Kier alpha value is -3.84. The molecule has 3 aromatic rings. The van der Waals surface area contributed by atoms with E-state index in [0.29, 0.717) is 12.1 Å². The second kappa shape index (κ2) is 8.01. The third-order valence-corrected chi connectivity index (χ3v) is 3.75. The molecular weight excluding hydrogens is 458 g/mol. The van der Waals surface area contributed by atoms with Crippen LogP contribution in [0, 0.1) is 11.6 Å². The van der Waals surface area contributed by atoms with Crippen molar-refractivity contribution >= 4 is 5.95 Å². The zero-order valence-electron chi connectivity index (χ0n) is 15.2. The van der Waals surface area contributed by atoms with Crippen LogP contribution in [0.4, 0.5) is 41.1 Å². The standard InChI is InChI=1S/C18H9F8N3O3/c19-11-3-1-7(5-9(11)17(21,22)23)31-14-13(30)15(29-16(27)28-14)32-8-2-4-12(20)10(6-8)18(24,25)26/h1-6,30H,(H2,27,28,29). The molecule has 0 aliphatic rings. The molecule has 0 saturated carbocycles. The average Bonchev–Trinajstić information content (AvgIpc) is 2.66. The second-order valence-corrected chi connectivity index (χ2v) is 6.02. The Balaban J connectivity index is 1.96. The number of ether oxygens (including phenoxy) is 2.